The van der Waals surface area contributed by atoms with Gasteiger partial charge in [0.25, 0.3) is 5.91 Å². The minimum absolute atomic E-state index is 0.261. The van der Waals surface area contributed by atoms with E-state index in [1.54, 1.807) is 12.1 Å². The molecule has 0 bridgehead atoms. The number of carboxylic acid groups (broad SMARTS) is 1. The summed E-state index contributed by atoms with van der Waals surface area (Å²) in [6, 6.07) is 10.8. The first-order chi connectivity index (χ1) is 13.9. The molecule has 0 spiro atoms. The Balaban J connectivity index is 1.80. The van der Waals surface area contributed by atoms with E-state index in [1.807, 2.05) is 24.5 Å². The van der Waals surface area contributed by atoms with Crippen molar-refractivity contribution in [3.63, 3.8) is 0 Å². The normalized spacial score (nSPS) is 16.6. The number of hydrogen-bond donors (Lipinski definition) is 1. The number of hydrogen-bond acceptors (Lipinski definition) is 6. The summed E-state index contributed by atoms with van der Waals surface area (Å²) >= 11 is 7.93. The lowest BCUT2D eigenvalue weighted by Gasteiger charge is -2.22. The van der Waals surface area contributed by atoms with Crippen LogP contribution in [0.4, 0.5) is 0 Å². The van der Waals surface area contributed by atoms with E-state index in [2.05, 4.69) is 19.1 Å². The number of carboxylic acids is 1. The second kappa shape index (κ2) is 9.65. The second-order valence-corrected chi connectivity index (χ2v) is 9.10. The molecule has 2 aromatic rings. The van der Waals surface area contributed by atoms with Crippen LogP contribution in [0.15, 0.2) is 45.7 Å². The minimum Gasteiger partial charge on any atom is -0.480 e. The first-order valence-corrected chi connectivity index (χ1v) is 11.7. The van der Waals surface area contributed by atoms with Gasteiger partial charge in [0.1, 0.15) is 21.9 Å². The van der Waals surface area contributed by atoms with Crippen LogP contribution in [-0.4, -0.2) is 44.3 Å². The van der Waals surface area contributed by atoms with Crippen LogP contribution in [0.3, 0.4) is 0 Å². The summed E-state index contributed by atoms with van der Waals surface area (Å²) in [4.78, 5) is 26.0. The van der Waals surface area contributed by atoms with Crippen molar-refractivity contribution in [3.05, 3.63) is 52.6 Å². The van der Waals surface area contributed by atoms with Crippen LogP contribution < -0.4 is 0 Å². The Morgan fingerprint density at radius 1 is 1.31 bits per heavy atom. The molecule has 8 heteroatoms. The third-order valence-electron chi connectivity index (χ3n) is 4.56. The van der Waals surface area contributed by atoms with Crippen molar-refractivity contribution < 1.29 is 19.1 Å². The molecule has 2 heterocycles. The van der Waals surface area contributed by atoms with Crippen LogP contribution >= 0.6 is 35.7 Å². The number of aliphatic carboxylic acids is 1. The van der Waals surface area contributed by atoms with Gasteiger partial charge in [0.2, 0.25) is 0 Å². The van der Waals surface area contributed by atoms with Crippen molar-refractivity contribution in [3.8, 4) is 11.3 Å². The monoisotopic (exact) mass is 447 g/mol. The highest BCUT2D eigenvalue weighted by Crippen LogP contribution is 2.35. The molecule has 1 aromatic carbocycles. The zero-order valence-corrected chi connectivity index (χ0v) is 18.5. The first-order valence-electron chi connectivity index (χ1n) is 9.12. The van der Waals surface area contributed by atoms with Crippen LogP contribution in [-0.2, 0) is 16.0 Å². The lowest BCUT2D eigenvalue weighted by Crippen LogP contribution is -2.44. The van der Waals surface area contributed by atoms with Gasteiger partial charge in [-0.15, -0.1) is 0 Å². The SMILES string of the molecule is CCc1ccc(-c2ccc(/C=C3/SC(=S)N(C(CCSC)C(=O)O)C3=O)o2)cc1. The molecule has 1 amide bonds. The standard InChI is InChI=1S/C21H21NO4S3/c1-3-13-4-6-14(7-5-13)17-9-8-15(26-17)12-18-19(23)22(21(27)29-18)16(20(24)25)10-11-28-2/h4-9,12,16H,3,10-11H2,1-2H3,(H,24,25)/b18-12+. The van der Waals surface area contributed by atoms with Gasteiger partial charge in [-0.05, 0) is 42.5 Å². The molecule has 0 radical (unpaired) electrons. The third-order valence-corrected chi connectivity index (χ3v) is 6.54. The number of benzene rings is 1. The van der Waals surface area contributed by atoms with Gasteiger partial charge in [0.15, 0.2) is 0 Å². The molecule has 5 nitrogen and oxygen atoms in total. The van der Waals surface area contributed by atoms with Crippen LogP contribution in [0.1, 0.15) is 24.7 Å². The Morgan fingerprint density at radius 3 is 2.66 bits per heavy atom. The molecule has 1 aliphatic rings. The third kappa shape index (κ3) is 4.94. The Hall–Kier alpha value is -2.03. The predicted octanol–water partition coefficient (Wildman–Crippen LogP) is 4.92. The number of aryl methyl sites for hydroxylation is 1. The molecule has 1 atom stereocenters. The quantitative estimate of drug-likeness (QED) is 0.455. The maximum absolute atomic E-state index is 12.8. The number of furan rings is 1. The summed E-state index contributed by atoms with van der Waals surface area (Å²) in [5.74, 6) is 0.422. The Morgan fingerprint density at radius 2 is 2.03 bits per heavy atom. The van der Waals surface area contributed by atoms with E-state index in [1.165, 1.54) is 22.2 Å². The van der Waals surface area contributed by atoms with E-state index < -0.39 is 17.9 Å². The number of carbonyl (C=O) groups is 2. The fourth-order valence-corrected chi connectivity index (χ4v) is 4.76. The van der Waals surface area contributed by atoms with Crippen LogP contribution in [0, 0.1) is 0 Å². The van der Waals surface area contributed by atoms with E-state index >= 15 is 0 Å². The highest BCUT2D eigenvalue weighted by atomic mass is 32.2. The van der Waals surface area contributed by atoms with Crippen molar-refractivity contribution >= 4 is 58.0 Å². The van der Waals surface area contributed by atoms with E-state index in [-0.39, 0.29) is 4.32 Å². The lowest BCUT2D eigenvalue weighted by atomic mass is 10.1. The molecule has 1 N–H and O–H groups in total. The average Bonchev–Trinajstić information content (AvgIpc) is 3.28. The van der Waals surface area contributed by atoms with Crippen molar-refractivity contribution in [1.29, 1.82) is 0 Å². The summed E-state index contributed by atoms with van der Waals surface area (Å²) < 4.78 is 6.13. The molecule has 1 aliphatic heterocycles. The maximum atomic E-state index is 12.8. The van der Waals surface area contributed by atoms with Crippen LogP contribution in [0.2, 0.25) is 0 Å². The Bertz CT molecular complexity index is 949. The second-order valence-electron chi connectivity index (χ2n) is 6.44. The fourth-order valence-electron chi connectivity index (χ4n) is 2.96. The summed E-state index contributed by atoms with van der Waals surface area (Å²) in [7, 11) is 0. The van der Waals surface area contributed by atoms with Gasteiger partial charge in [-0.1, -0.05) is 55.2 Å². The Kier molecular flexibility index (Phi) is 7.21. The van der Waals surface area contributed by atoms with Gasteiger partial charge in [-0.2, -0.15) is 11.8 Å². The first kappa shape index (κ1) is 21.7. The molecule has 152 valence electrons. The molecule has 1 unspecified atom stereocenters. The van der Waals surface area contributed by atoms with E-state index in [4.69, 9.17) is 16.6 Å². The number of thioether (sulfide) groups is 2. The maximum Gasteiger partial charge on any atom is 0.326 e. The predicted molar refractivity (Wildman–Crippen MR) is 123 cm³/mol. The average molecular weight is 448 g/mol. The number of thiocarbonyl (C=S) groups is 1. The van der Waals surface area contributed by atoms with Gasteiger partial charge in [-0.25, -0.2) is 4.79 Å². The molecule has 0 saturated carbocycles. The van der Waals surface area contributed by atoms with Gasteiger partial charge in [0, 0.05) is 11.6 Å². The highest BCUT2D eigenvalue weighted by molar-refractivity contribution is 8.26. The van der Waals surface area contributed by atoms with Crippen molar-refractivity contribution in [2.45, 2.75) is 25.8 Å². The topological polar surface area (TPSA) is 70.8 Å². The van der Waals surface area contributed by atoms with E-state index in [0.717, 1.165) is 23.7 Å². The molecular weight excluding hydrogens is 426 g/mol. The van der Waals surface area contributed by atoms with Crippen LogP contribution in [0.5, 0.6) is 0 Å². The van der Waals surface area contributed by atoms with E-state index in [9.17, 15) is 14.7 Å². The molecule has 3 rings (SSSR count). The van der Waals surface area contributed by atoms with Crippen molar-refractivity contribution in [2.24, 2.45) is 0 Å². The number of amides is 1. The number of rotatable bonds is 8. The van der Waals surface area contributed by atoms with Crippen LogP contribution in [0.25, 0.3) is 17.4 Å². The van der Waals surface area contributed by atoms with Gasteiger partial charge in [0.05, 0.1) is 4.91 Å². The fraction of sp³-hybridized carbons (Fsp3) is 0.286. The van der Waals surface area contributed by atoms with Gasteiger partial charge < -0.3 is 9.52 Å². The highest BCUT2D eigenvalue weighted by Gasteiger charge is 2.40. The van der Waals surface area contributed by atoms with E-state index in [0.29, 0.717) is 28.6 Å². The zero-order valence-electron chi connectivity index (χ0n) is 16.1. The molecule has 0 aliphatic carbocycles. The summed E-state index contributed by atoms with van der Waals surface area (Å²) in [6.45, 7) is 2.10. The smallest absolute Gasteiger partial charge is 0.326 e. The molecule has 1 fully saturated rings. The summed E-state index contributed by atoms with van der Waals surface area (Å²) in [5, 5.41) is 9.53. The van der Waals surface area contributed by atoms with Crippen molar-refractivity contribution in [1.82, 2.24) is 4.90 Å². The lowest BCUT2D eigenvalue weighted by molar-refractivity contribution is -0.145. The zero-order chi connectivity index (χ0) is 21.0. The largest absolute Gasteiger partial charge is 0.480 e. The van der Waals surface area contributed by atoms with Gasteiger partial charge in [-0.3, -0.25) is 9.69 Å². The Labute approximate surface area is 183 Å². The summed E-state index contributed by atoms with van der Waals surface area (Å²) in [6.07, 6.45) is 4.83. The summed E-state index contributed by atoms with van der Waals surface area (Å²) in [5.41, 5.74) is 2.20. The number of nitrogens with zero attached hydrogens (tertiary/aromatic N) is 1. The van der Waals surface area contributed by atoms with Gasteiger partial charge >= 0.3 is 5.97 Å². The molecule has 29 heavy (non-hydrogen) atoms. The minimum atomic E-state index is -1.05. The molecule has 1 aromatic heterocycles. The number of carbonyl (C=O) groups excluding carboxylic acids is 1. The molecular formula is C21H21NO4S3. The van der Waals surface area contributed by atoms with Crippen molar-refractivity contribution in [2.75, 3.05) is 12.0 Å². The molecule has 1 saturated heterocycles.